The lowest BCUT2D eigenvalue weighted by molar-refractivity contribution is -0.134. The Labute approximate surface area is 136 Å². The zero-order valence-electron chi connectivity index (χ0n) is 12.2. The fourth-order valence-electron chi connectivity index (χ4n) is 2.11. The SMILES string of the molecule is Cc1ccsc1/C=C1\OC(Nc2ccccc2)=C(C(=O)O)C1=O. The molecule has 1 aromatic carbocycles. The van der Waals surface area contributed by atoms with Crippen LogP contribution in [-0.2, 0) is 14.3 Å². The largest absolute Gasteiger partial charge is 0.477 e. The minimum Gasteiger partial charge on any atom is -0.477 e. The molecule has 2 N–H and O–H groups in total. The maximum atomic E-state index is 12.3. The average molecular weight is 327 g/mol. The molecular formula is C17H13NO4S. The van der Waals surface area contributed by atoms with Crippen LogP contribution < -0.4 is 5.32 Å². The first-order chi connectivity index (χ1) is 11.1. The van der Waals surface area contributed by atoms with Gasteiger partial charge in [0.2, 0.25) is 11.7 Å². The van der Waals surface area contributed by atoms with E-state index in [9.17, 15) is 14.7 Å². The van der Waals surface area contributed by atoms with Crippen LogP contribution in [0.2, 0.25) is 0 Å². The molecule has 2 heterocycles. The summed E-state index contributed by atoms with van der Waals surface area (Å²) in [5.74, 6) is -2.01. The summed E-state index contributed by atoms with van der Waals surface area (Å²) >= 11 is 1.46. The molecule has 116 valence electrons. The predicted octanol–water partition coefficient (Wildman–Crippen LogP) is 3.41. The predicted molar refractivity (Wildman–Crippen MR) is 87.9 cm³/mol. The number of carbonyl (C=O) groups is 2. The van der Waals surface area contributed by atoms with Crippen molar-refractivity contribution in [3.63, 3.8) is 0 Å². The van der Waals surface area contributed by atoms with Gasteiger partial charge in [0, 0.05) is 16.6 Å². The molecule has 0 aliphatic carbocycles. The van der Waals surface area contributed by atoms with Gasteiger partial charge in [-0.2, -0.15) is 0 Å². The van der Waals surface area contributed by atoms with E-state index < -0.39 is 17.3 Å². The van der Waals surface area contributed by atoms with Crippen molar-refractivity contribution in [2.24, 2.45) is 0 Å². The van der Waals surface area contributed by atoms with Crippen molar-refractivity contribution in [3.05, 3.63) is 69.4 Å². The molecule has 0 fully saturated rings. The van der Waals surface area contributed by atoms with Gasteiger partial charge in [-0.05, 0) is 36.1 Å². The zero-order valence-corrected chi connectivity index (χ0v) is 13.0. The Kier molecular flexibility index (Phi) is 3.99. The van der Waals surface area contributed by atoms with Gasteiger partial charge in [0.15, 0.2) is 11.3 Å². The third kappa shape index (κ3) is 3.02. The molecule has 2 aromatic rings. The van der Waals surface area contributed by atoms with Gasteiger partial charge >= 0.3 is 5.97 Å². The molecule has 5 nitrogen and oxygen atoms in total. The van der Waals surface area contributed by atoms with Gasteiger partial charge in [0.05, 0.1) is 0 Å². The summed E-state index contributed by atoms with van der Waals surface area (Å²) in [6.45, 7) is 1.91. The number of Topliss-reactive ketones (excluding diaryl/α,β-unsaturated/α-hetero) is 1. The summed E-state index contributed by atoms with van der Waals surface area (Å²) in [6.07, 6.45) is 1.57. The van der Waals surface area contributed by atoms with Gasteiger partial charge in [-0.15, -0.1) is 11.3 Å². The molecular weight excluding hydrogens is 314 g/mol. The lowest BCUT2D eigenvalue weighted by Gasteiger charge is -2.07. The zero-order chi connectivity index (χ0) is 16.4. The molecule has 0 bridgehead atoms. The highest BCUT2D eigenvalue weighted by atomic mass is 32.1. The van der Waals surface area contributed by atoms with E-state index >= 15 is 0 Å². The van der Waals surface area contributed by atoms with Gasteiger partial charge in [-0.25, -0.2) is 4.79 Å². The number of carbonyl (C=O) groups excluding carboxylic acids is 1. The second kappa shape index (κ2) is 6.10. The van der Waals surface area contributed by atoms with Crippen LogP contribution in [0, 0.1) is 6.92 Å². The first-order valence-corrected chi connectivity index (χ1v) is 7.72. The van der Waals surface area contributed by atoms with E-state index in [2.05, 4.69) is 5.32 Å². The number of aliphatic carboxylic acids is 1. The van der Waals surface area contributed by atoms with Crippen LogP contribution in [0.4, 0.5) is 5.69 Å². The second-order valence-electron chi connectivity index (χ2n) is 4.91. The maximum absolute atomic E-state index is 12.3. The molecule has 0 atom stereocenters. The summed E-state index contributed by atoms with van der Waals surface area (Å²) in [7, 11) is 0. The fourth-order valence-corrected chi connectivity index (χ4v) is 2.96. The summed E-state index contributed by atoms with van der Waals surface area (Å²) in [6, 6.07) is 10.9. The number of anilines is 1. The smallest absolute Gasteiger partial charge is 0.345 e. The standard InChI is InChI=1S/C17H13NO4S/c1-10-7-8-23-13(10)9-12-15(19)14(17(20)21)16(22-12)18-11-5-3-2-4-6-11/h2-9,18H,1H3,(H,20,21)/b12-9-. The Morgan fingerprint density at radius 2 is 2.00 bits per heavy atom. The minimum atomic E-state index is -1.32. The minimum absolute atomic E-state index is 0.00591. The number of thiophene rings is 1. The number of aryl methyl sites for hydroxylation is 1. The molecule has 0 spiro atoms. The Morgan fingerprint density at radius 1 is 1.26 bits per heavy atom. The van der Waals surface area contributed by atoms with Crippen molar-refractivity contribution in [3.8, 4) is 0 Å². The van der Waals surface area contributed by atoms with Gasteiger partial charge in [-0.1, -0.05) is 18.2 Å². The van der Waals surface area contributed by atoms with Crippen molar-refractivity contribution in [1.29, 1.82) is 0 Å². The van der Waals surface area contributed by atoms with Crippen molar-refractivity contribution in [2.75, 3.05) is 5.32 Å². The molecule has 0 amide bonds. The summed E-state index contributed by atoms with van der Waals surface area (Å²) in [5, 5.41) is 14.1. The first kappa shape index (κ1) is 15.1. The molecule has 1 aromatic heterocycles. The van der Waals surface area contributed by atoms with Gasteiger partial charge in [0.25, 0.3) is 0 Å². The van der Waals surface area contributed by atoms with Crippen molar-refractivity contribution in [2.45, 2.75) is 6.92 Å². The number of carboxylic acid groups (broad SMARTS) is 1. The number of hydrogen-bond acceptors (Lipinski definition) is 5. The van der Waals surface area contributed by atoms with E-state index in [0.29, 0.717) is 5.69 Å². The highest BCUT2D eigenvalue weighted by Gasteiger charge is 2.36. The lowest BCUT2D eigenvalue weighted by Crippen LogP contribution is -2.12. The van der Waals surface area contributed by atoms with Crippen LogP contribution in [0.25, 0.3) is 6.08 Å². The van der Waals surface area contributed by atoms with Crippen molar-refractivity contribution >= 4 is 34.9 Å². The number of ether oxygens (including phenoxy) is 1. The molecule has 0 saturated carbocycles. The normalized spacial score (nSPS) is 15.9. The van der Waals surface area contributed by atoms with E-state index in [1.807, 2.05) is 24.4 Å². The third-order valence-corrected chi connectivity index (χ3v) is 4.27. The van der Waals surface area contributed by atoms with Crippen LogP contribution >= 0.6 is 11.3 Å². The molecule has 1 aliphatic rings. The van der Waals surface area contributed by atoms with E-state index in [-0.39, 0.29) is 11.6 Å². The summed E-state index contributed by atoms with van der Waals surface area (Å²) in [4.78, 5) is 24.6. The maximum Gasteiger partial charge on any atom is 0.345 e. The number of para-hydroxylation sites is 1. The molecule has 0 saturated heterocycles. The molecule has 6 heteroatoms. The molecule has 0 unspecified atom stereocenters. The van der Waals surface area contributed by atoms with Crippen molar-refractivity contribution < 1.29 is 19.4 Å². The number of ketones is 1. The number of benzene rings is 1. The lowest BCUT2D eigenvalue weighted by atomic mass is 10.1. The number of allylic oxidation sites excluding steroid dienone is 1. The van der Waals surface area contributed by atoms with Crippen molar-refractivity contribution in [1.82, 2.24) is 0 Å². The molecule has 3 rings (SSSR count). The topological polar surface area (TPSA) is 75.6 Å². The van der Waals surface area contributed by atoms with Crippen LogP contribution in [0.3, 0.4) is 0 Å². The van der Waals surface area contributed by atoms with Crippen LogP contribution in [0.1, 0.15) is 10.4 Å². The van der Waals surface area contributed by atoms with E-state index in [1.54, 1.807) is 30.3 Å². The monoisotopic (exact) mass is 327 g/mol. The average Bonchev–Trinajstić information content (AvgIpc) is 3.05. The van der Waals surface area contributed by atoms with Crippen LogP contribution in [0.15, 0.2) is 59.0 Å². The Morgan fingerprint density at radius 3 is 2.61 bits per heavy atom. The Hall–Kier alpha value is -2.86. The third-order valence-electron chi connectivity index (χ3n) is 3.30. The highest BCUT2D eigenvalue weighted by molar-refractivity contribution is 7.11. The van der Waals surface area contributed by atoms with Gasteiger partial charge < -0.3 is 15.2 Å². The Balaban J connectivity index is 1.94. The van der Waals surface area contributed by atoms with E-state index in [0.717, 1.165) is 10.4 Å². The molecule has 23 heavy (non-hydrogen) atoms. The van der Waals surface area contributed by atoms with Gasteiger partial charge in [-0.3, -0.25) is 4.79 Å². The highest BCUT2D eigenvalue weighted by Crippen LogP contribution is 2.29. The van der Waals surface area contributed by atoms with Crippen LogP contribution in [-0.4, -0.2) is 16.9 Å². The number of nitrogens with one attached hydrogen (secondary N) is 1. The number of carboxylic acids is 1. The Bertz CT molecular complexity index is 833. The van der Waals surface area contributed by atoms with Gasteiger partial charge in [0.1, 0.15) is 0 Å². The van der Waals surface area contributed by atoms with E-state index in [4.69, 9.17) is 4.74 Å². The van der Waals surface area contributed by atoms with E-state index in [1.165, 1.54) is 11.3 Å². The van der Waals surface area contributed by atoms with Crippen LogP contribution in [0.5, 0.6) is 0 Å². The number of rotatable bonds is 4. The summed E-state index contributed by atoms with van der Waals surface area (Å²) in [5.41, 5.74) is 1.25. The second-order valence-corrected chi connectivity index (χ2v) is 5.86. The first-order valence-electron chi connectivity index (χ1n) is 6.84. The molecule has 0 radical (unpaired) electrons. The quantitative estimate of drug-likeness (QED) is 0.665. The summed E-state index contributed by atoms with van der Waals surface area (Å²) < 4.78 is 5.49. The fraction of sp³-hybridized carbons (Fsp3) is 0.0588. The number of hydrogen-bond donors (Lipinski definition) is 2. The molecule has 1 aliphatic heterocycles.